The molecule has 0 unspecified atom stereocenters. The third kappa shape index (κ3) is 3.33. The second-order valence-corrected chi connectivity index (χ2v) is 9.92. The van der Waals surface area contributed by atoms with Crippen molar-refractivity contribution in [3.8, 4) is 0 Å². The Morgan fingerprint density at radius 3 is 2.33 bits per heavy atom. The SMILES string of the molecule is C[PH]1(CNS(=O)(=O)F)CCCC1. The van der Waals surface area contributed by atoms with Crippen LogP contribution in [0.5, 0.6) is 0 Å². The van der Waals surface area contributed by atoms with Crippen LogP contribution in [0.1, 0.15) is 12.8 Å². The first kappa shape index (κ1) is 10.4. The van der Waals surface area contributed by atoms with E-state index >= 15 is 0 Å². The van der Waals surface area contributed by atoms with Gasteiger partial charge in [0.05, 0.1) is 0 Å². The van der Waals surface area contributed by atoms with Crippen LogP contribution in [0.2, 0.25) is 0 Å². The second-order valence-electron chi connectivity index (χ2n) is 3.78. The van der Waals surface area contributed by atoms with Crippen LogP contribution in [0.4, 0.5) is 3.89 Å². The van der Waals surface area contributed by atoms with E-state index in [4.69, 9.17) is 0 Å². The third-order valence-electron chi connectivity index (χ3n) is 2.48. The van der Waals surface area contributed by atoms with E-state index in [0.29, 0.717) is 6.29 Å². The molecule has 0 aliphatic carbocycles. The standard InChI is InChI=1S/C6H15FNO2PS/c1-11(4-2-3-5-11)6-8-12(7,9)10/h8,11H,2-6H2,1H3. The Morgan fingerprint density at radius 2 is 1.92 bits per heavy atom. The molecule has 0 atom stereocenters. The molecule has 0 aromatic rings. The Bertz CT molecular complexity index is 248. The Morgan fingerprint density at radius 1 is 1.42 bits per heavy atom. The molecule has 0 aromatic heterocycles. The summed E-state index contributed by atoms with van der Waals surface area (Å²) in [5.41, 5.74) is 0. The predicted molar refractivity (Wildman–Crippen MR) is 51.2 cm³/mol. The fourth-order valence-corrected chi connectivity index (χ4v) is 6.56. The zero-order chi connectivity index (χ0) is 9.24. The molecule has 12 heavy (non-hydrogen) atoms. The summed E-state index contributed by atoms with van der Waals surface area (Å²) in [6, 6.07) is 0. The summed E-state index contributed by atoms with van der Waals surface area (Å²) < 4.78 is 34.4. The molecule has 1 rings (SSSR count). The minimum absolute atomic E-state index is 0.367. The van der Waals surface area contributed by atoms with Crippen LogP contribution in [-0.2, 0) is 10.4 Å². The molecule has 1 fully saturated rings. The summed E-state index contributed by atoms with van der Waals surface area (Å²) >= 11 is 0. The molecular weight excluding hydrogens is 200 g/mol. The van der Waals surface area contributed by atoms with Gasteiger partial charge >= 0.3 is 72.8 Å². The van der Waals surface area contributed by atoms with E-state index in [1.165, 1.54) is 12.8 Å². The summed E-state index contributed by atoms with van der Waals surface area (Å²) in [7, 11) is -5.89. The molecule has 1 N–H and O–H groups in total. The zero-order valence-electron chi connectivity index (χ0n) is 7.14. The van der Waals surface area contributed by atoms with Crippen LogP contribution in [0.25, 0.3) is 0 Å². The van der Waals surface area contributed by atoms with Gasteiger partial charge in [-0.25, -0.2) is 0 Å². The number of nitrogens with one attached hydrogen (secondary N) is 1. The van der Waals surface area contributed by atoms with Gasteiger partial charge < -0.3 is 0 Å². The van der Waals surface area contributed by atoms with Gasteiger partial charge in [-0.2, -0.15) is 0 Å². The molecule has 1 heterocycles. The maximum atomic E-state index is 12.1. The van der Waals surface area contributed by atoms with Crippen molar-refractivity contribution >= 4 is 17.7 Å². The van der Waals surface area contributed by atoms with Crippen LogP contribution < -0.4 is 4.72 Å². The molecule has 1 aliphatic rings. The molecule has 0 saturated carbocycles. The number of rotatable bonds is 3. The zero-order valence-corrected chi connectivity index (χ0v) is 8.95. The Labute approximate surface area is 73.4 Å². The molecule has 0 aromatic carbocycles. The van der Waals surface area contributed by atoms with Gasteiger partial charge in [0.15, 0.2) is 0 Å². The van der Waals surface area contributed by atoms with Gasteiger partial charge in [0.2, 0.25) is 0 Å². The molecular formula is C6H15FNO2PS. The van der Waals surface area contributed by atoms with Crippen molar-refractivity contribution in [1.82, 2.24) is 4.72 Å². The van der Waals surface area contributed by atoms with Crippen molar-refractivity contribution < 1.29 is 12.3 Å². The summed E-state index contributed by atoms with van der Waals surface area (Å²) in [6.07, 6.45) is 4.96. The van der Waals surface area contributed by atoms with E-state index in [1.54, 1.807) is 0 Å². The van der Waals surface area contributed by atoms with Gasteiger partial charge in [-0.05, 0) is 0 Å². The van der Waals surface area contributed by atoms with Crippen LogP contribution in [0.15, 0.2) is 0 Å². The van der Waals surface area contributed by atoms with E-state index in [2.05, 4.69) is 6.66 Å². The third-order valence-corrected chi connectivity index (χ3v) is 7.38. The minimum atomic E-state index is -4.46. The average molecular weight is 215 g/mol. The molecule has 1 aliphatic heterocycles. The van der Waals surface area contributed by atoms with Gasteiger partial charge in [0, 0.05) is 0 Å². The van der Waals surface area contributed by atoms with Gasteiger partial charge in [-0.1, -0.05) is 0 Å². The van der Waals surface area contributed by atoms with Crippen molar-refractivity contribution in [2.24, 2.45) is 0 Å². The summed E-state index contributed by atoms with van der Waals surface area (Å²) in [4.78, 5) is 0. The predicted octanol–water partition coefficient (Wildman–Crippen LogP) is 0.921. The number of hydrogen-bond acceptors (Lipinski definition) is 2. The fraction of sp³-hybridized carbons (Fsp3) is 1.00. The summed E-state index contributed by atoms with van der Waals surface area (Å²) in [6.45, 7) is 2.12. The first-order valence-corrected chi connectivity index (χ1v) is 8.61. The van der Waals surface area contributed by atoms with Crippen molar-refractivity contribution in [2.45, 2.75) is 12.8 Å². The molecule has 0 amide bonds. The quantitative estimate of drug-likeness (QED) is 0.562. The van der Waals surface area contributed by atoms with Gasteiger partial charge in [0.25, 0.3) is 0 Å². The van der Waals surface area contributed by atoms with Crippen LogP contribution in [0, 0.1) is 0 Å². The Kier molecular flexibility index (Phi) is 3.07. The number of halogens is 1. The van der Waals surface area contributed by atoms with Crippen molar-refractivity contribution in [3.63, 3.8) is 0 Å². The maximum absolute atomic E-state index is 12.1. The van der Waals surface area contributed by atoms with E-state index in [-0.39, 0.29) is 0 Å². The summed E-state index contributed by atoms with van der Waals surface area (Å²) in [5, 5.41) is 0. The topological polar surface area (TPSA) is 46.2 Å². The van der Waals surface area contributed by atoms with Crippen molar-refractivity contribution in [3.05, 3.63) is 0 Å². The van der Waals surface area contributed by atoms with E-state index in [1.807, 2.05) is 4.72 Å². The van der Waals surface area contributed by atoms with Gasteiger partial charge in [-0.3, -0.25) is 0 Å². The van der Waals surface area contributed by atoms with Crippen LogP contribution in [-0.4, -0.2) is 33.7 Å². The fourth-order valence-electron chi connectivity index (χ4n) is 1.67. The van der Waals surface area contributed by atoms with Crippen LogP contribution >= 0.6 is 7.26 Å². The Hall–Kier alpha value is 0.270. The molecule has 0 radical (unpaired) electrons. The van der Waals surface area contributed by atoms with Crippen LogP contribution in [0.3, 0.4) is 0 Å². The van der Waals surface area contributed by atoms with Gasteiger partial charge in [0.1, 0.15) is 0 Å². The molecule has 0 spiro atoms. The van der Waals surface area contributed by atoms with Crippen molar-refractivity contribution in [1.29, 1.82) is 0 Å². The number of hydrogen-bond donors (Lipinski definition) is 1. The molecule has 3 nitrogen and oxygen atoms in total. The summed E-state index contributed by atoms with van der Waals surface area (Å²) in [5.74, 6) is 0. The van der Waals surface area contributed by atoms with Crippen molar-refractivity contribution in [2.75, 3.05) is 25.3 Å². The molecule has 74 valence electrons. The first-order chi connectivity index (χ1) is 5.41. The average Bonchev–Trinajstić information content (AvgIpc) is 2.32. The Balaban J connectivity index is 2.41. The second kappa shape index (κ2) is 3.56. The molecule has 0 bridgehead atoms. The molecule has 1 saturated heterocycles. The first-order valence-electron chi connectivity index (χ1n) is 4.11. The van der Waals surface area contributed by atoms with Gasteiger partial charge in [-0.15, -0.1) is 0 Å². The monoisotopic (exact) mass is 215 g/mol. The normalized spacial score (nSPS) is 25.5. The van der Waals surface area contributed by atoms with E-state index in [0.717, 1.165) is 12.3 Å². The molecule has 6 heteroatoms. The van der Waals surface area contributed by atoms with E-state index < -0.39 is 17.7 Å². The van der Waals surface area contributed by atoms with E-state index in [9.17, 15) is 12.3 Å².